The minimum atomic E-state index is -0.203. The molecule has 4 aromatic carbocycles. The topological polar surface area (TPSA) is 47.6 Å². The first-order valence-corrected chi connectivity index (χ1v) is 10.9. The van der Waals surface area contributed by atoms with Crippen molar-refractivity contribution in [3.63, 3.8) is 0 Å². The fraction of sp³-hybridized carbons (Fsp3) is 0.148. The summed E-state index contributed by atoms with van der Waals surface area (Å²) < 4.78 is 11.8. The highest BCUT2D eigenvalue weighted by atomic mass is 35.5. The molecule has 5 heteroatoms. The predicted molar refractivity (Wildman–Crippen MR) is 130 cm³/mol. The minimum Gasteiger partial charge on any atom is -0.493 e. The first-order valence-electron chi connectivity index (χ1n) is 10.5. The van der Waals surface area contributed by atoms with Gasteiger partial charge in [0.15, 0.2) is 0 Å². The Bertz CT molecular complexity index is 1270. The van der Waals surface area contributed by atoms with Crippen LogP contribution in [0.3, 0.4) is 0 Å². The Labute approximate surface area is 192 Å². The van der Waals surface area contributed by atoms with E-state index in [4.69, 9.17) is 21.1 Å². The molecule has 0 atom stereocenters. The first kappa shape index (κ1) is 21.7. The van der Waals surface area contributed by atoms with E-state index >= 15 is 0 Å². The number of hydrogen-bond donors (Lipinski definition) is 1. The number of amides is 1. The number of fused-ring (bicyclic) bond motifs is 1. The largest absolute Gasteiger partial charge is 0.493 e. The van der Waals surface area contributed by atoms with Crippen LogP contribution in [0.2, 0.25) is 5.02 Å². The van der Waals surface area contributed by atoms with Crippen LogP contribution >= 0.6 is 11.6 Å². The van der Waals surface area contributed by atoms with Crippen LogP contribution in [0.5, 0.6) is 11.5 Å². The van der Waals surface area contributed by atoms with Crippen molar-refractivity contribution in [2.45, 2.75) is 20.5 Å². The molecular formula is C27H24ClNO3. The highest BCUT2D eigenvalue weighted by Crippen LogP contribution is 2.26. The molecule has 0 unspecified atom stereocenters. The standard InChI is InChI=1S/C27H24ClNO3/c1-3-31-26-13-9-21(27(30)29-25-12-10-23(28)14-18(25)2)15-22(26)17-32-24-11-8-19-6-4-5-7-20(19)16-24/h4-16H,3,17H2,1-2H3,(H,29,30). The number of hydrogen-bond acceptors (Lipinski definition) is 3. The zero-order valence-electron chi connectivity index (χ0n) is 18.0. The number of carbonyl (C=O) groups is 1. The molecule has 1 amide bonds. The average molecular weight is 446 g/mol. The van der Waals surface area contributed by atoms with Crippen LogP contribution in [-0.4, -0.2) is 12.5 Å². The second kappa shape index (κ2) is 9.75. The van der Waals surface area contributed by atoms with Crippen molar-refractivity contribution in [3.8, 4) is 11.5 Å². The Morgan fingerprint density at radius 1 is 0.906 bits per heavy atom. The van der Waals surface area contributed by atoms with Gasteiger partial charge in [-0.05, 0) is 78.7 Å². The SMILES string of the molecule is CCOc1ccc(C(=O)Nc2ccc(Cl)cc2C)cc1COc1ccc2ccccc2c1. The van der Waals surface area contributed by atoms with E-state index in [1.54, 1.807) is 18.2 Å². The van der Waals surface area contributed by atoms with Crippen LogP contribution in [0.25, 0.3) is 10.8 Å². The van der Waals surface area contributed by atoms with Gasteiger partial charge in [0.2, 0.25) is 0 Å². The summed E-state index contributed by atoms with van der Waals surface area (Å²) in [5.74, 6) is 1.26. The Morgan fingerprint density at radius 2 is 1.72 bits per heavy atom. The van der Waals surface area contributed by atoms with Crippen molar-refractivity contribution < 1.29 is 14.3 Å². The Kier molecular flexibility index (Phi) is 6.62. The van der Waals surface area contributed by atoms with E-state index in [-0.39, 0.29) is 12.5 Å². The molecule has 0 spiro atoms. The number of halogens is 1. The second-order valence-electron chi connectivity index (χ2n) is 7.47. The number of nitrogens with one attached hydrogen (secondary N) is 1. The lowest BCUT2D eigenvalue weighted by Gasteiger charge is -2.14. The zero-order chi connectivity index (χ0) is 22.5. The molecule has 0 aromatic heterocycles. The van der Waals surface area contributed by atoms with Gasteiger partial charge in [-0.15, -0.1) is 0 Å². The number of rotatable bonds is 7. The molecule has 0 aliphatic rings. The van der Waals surface area contributed by atoms with Crippen LogP contribution in [0.1, 0.15) is 28.4 Å². The van der Waals surface area contributed by atoms with Gasteiger partial charge in [0.25, 0.3) is 5.91 Å². The molecule has 0 fully saturated rings. The number of aryl methyl sites for hydroxylation is 1. The summed E-state index contributed by atoms with van der Waals surface area (Å²) in [6, 6.07) is 24.9. The van der Waals surface area contributed by atoms with Crippen molar-refractivity contribution >= 4 is 34.0 Å². The normalized spacial score (nSPS) is 10.7. The second-order valence-corrected chi connectivity index (χ2v) is 7.90. The minimum absolute atomic E-state index is 0.203. The van der Waals surface area contributed by atoms with Crippen molar-refractivity contribution in [2.24, 2.45) is 0 Å². The van der Waals surface area contributed by atoms with Crippen molar-refractivity contribution in [3.05, 3.63) is 101 Å². The van der Waals surface area contributed by atoms with Crippen LogP contribution in [-0.2, 0) is 6.61 Å². The average Bonchev–Trinajstić information content (AvgIpc) is 2.80. The smallest absolute Gasteiger partial charge is 0.255 e. The molecule has 0 bridgehead atoms. The molecule has 4 rings (SSSR count). The van der Waals surface area contributed by atoms with Crippen molar-refractivity contribution in [2.75, 3.05) is 11.9 Å². The Morgan fingerprint density at radius 3 is 2.50 bits per heavy atom. The van der Waals surface area contributed by atoms with Crippen LogP contribution in [0, 0.1) is 6.92 Å². The van der Waals surface area contributed by atoms with Gasteiger partial charge in [0.05, 0.1) is 6.61 Å². The van der Waals surface area contributed by atoms with E-state index in [9.17, 15) is 4.79 Å². The molecule has 32 heavy (non-hydrogen) atoms. The predicted octanol–water partition coefficient (Wildman–Crippen LogP) is 7.03. The summed E-state index contributed by atoms with van der Waals surface area (Å²) in [6.45, 7) is 4.65. The van der Waals surface area contributed by atoms with Gasteiger partial charge in [0.1, 0.15) is 18.1 Å². The maximum atomic E-state index is 12.9. The molecule has 162 valence electrons. The van der Waals surface area contributed by atoms with Gasteiger partial charge in [-0.1, -0.05) is 41.9 Å². The summed E-state index contributed by atoms with van der Waals surface area (Å²) in [5.41, 5.74) is 2.96. The van der Waals surface area contributed by atoms with E-state index < -0.39 is 0 Å². The van der Waals surface area contributed by atoms with E-state index in [1.807, 2.05) is 62.4 Å². The van der Waals surface area contributed by atoms with Gasteiger partial charge in [0, 0.05) is 21.8 Å². The summed E-state index contributed by atoms with van der Waals surface area (Å²) in [7, 11) is 0. The quantitative estimate of drug-likeness (QED) is 0.332. The number of ether oxygens (including phenoxy) is 2. The summed E-state index contributed by atoms with van der Waals surface area (Å²) in [6.07, 6.45) is 0. The maximum absolute atomic E-state index is 12.9. The van der Waals surface area contributed by atoms with Gasteiger partial charge in [-0.2, -0.15) is 0 Å². The third-order valence-electron chi connectivity index (χ3n) is 5.17. The third-order valence-corrected chi connectivity index (χ3v) is 5.41. The molecule has 0 aliphatic heterocycles. The van der Waals surface area contributed by atoms with Crippen molar-refractivity contribution in [1.82, 2.24) is 0 Å². The van der Waals surface area contributed by atoms with E-state index in [2.05, 4.69) is 17.4 Å². The number of anilines is 1. The monoisotopic (exact) mass is 445 g/mol. The lowest BCUT2D eigenvalue weighted by Crippen LogP contribution is -2.14. The maximum Gasteiger partial charge on any atom is 0.255 e. The molecule has 4 nitrogen and oxygen atoms in total. The molecule has 0 radical (unpaired) electrons. The summed E-state index contributed by atoms with van der Waals surface area (Å²) in [5, 5.41) is 5.85. The van der Waals surface area contributed by atoms with Crippen LogP contribution in [0.15, 0.2) is 78.9 Å². The van der Waals surface area contributed by atoms with Crippen LogP contribution in [0.4, 0.5) is 5.69 Å². The lowest BCUT2D eigenvalue weighted by atomic mass is 10.1. The van der Waals surface area contributed by atoms with Gasteiger partial charge in [-0.3, -0.25) is 4.79 Å². The van der Waals surface area contributed by atoms with E-state index in [0.29, 0.717) is 22.9 Å². The van der Waals surface area contributed by atoms with Gasteiger partial charge in [-0.25, -0.2) is 0 Å². The highest BCUT2D eigenvalue weighted by molar-refractivity contribution is 6.30. The summed E-state index contributed by atoms with van der Waals surface area (Å²) in [4.78, 5) is 12.9. The molecule has 0 saturated carbocycles. The first-order chi connectivity index (χ1) is 15.5. The molecule has 1 N–H and O–H groups in total. The van der Waals surface area contributed by atoms with Crippen LogP contribution < -0.4 is 14.8 Å². The van der Waals surface area contributed by atoms with E-state index in [0.717, 1.165) is 33.3 Å². The van der Waals surface area contributed by atoms with Gasteiger partial charge >= 0.3 is 0 Å². The molecule has 4 aromatic rings. The fourth-order valence-electron chi connectivity index (χ4n) is 3.51. The highest BCUT2D eigenvalue weighted by Gasteiger charge is 2.13. The Balaban J connectivity index is 1.54. The Hall–Kier alpha value is -3.50. The summed E-state index contributed by atoms with van der Waals surface area (Å²) >= 11 is 6.02. The molecular weight excluding hydrogens is 422 g/mol. The molecule has 0 heterocycles. The molecule has 0 aliphatic carbocycles. The molecule has 0 saturated heterocycles. The number of benzene rings is 4. The zero-order valence-corrected chi connectivity index (χ0v) is 18.8. The lowest BCUT2D eigenvalue weighted by molar-refractivity contribution is 0.102. The van der Waals surface area contributed by atoms with Gasteiger partial charge < -0.3 is 14.8 Å². The van der Waals surface area contributed by atoms with E-state index in [1.165, 1.54) is 0 Å². The van der Waals surface area contributed by atoms with Crippen molar-refractivity contribution in [1.29, 1.82) is 0 Å². The third kappa shape index (κ3) is 5.04. The number of carbonyl (C=O) groups excluding carboxylic acids is 1. The fourth-order valence-corrected chi connectivity index (χ4v) is 3.74.